The highest BCUT2D eigenvalue weighted by molar-refractivity contribution is 7.85. The van der Waals surface area contributed by atoms with Crippen molar-refractivity contribution in [2.24, 2.45) is 5.73 Å². The van der Waals surface area contributed by atoms with Crippen LogP contribution >= 0.6 is 23.2 Å². The first-order valence-electron chi connectivity index (χ1n) is 7.47. The molecule has 0 unspecified atom stereocenters. The van der Waals surface area contributed by atoms with Gasteiger partial charge in [-0.05, 0) is 30.3 Å². The Hall–Kier alpha value is -2.59. The second-order valence-corrected chi connectivity index (χ2v) is 7.79. The lowest BCUT2D eigenvalue weighted by Gasteiger charge is -2.05. The Labute approximate surface area is 170 Å². The first-order valence-corrected chi connectivity index (χ1v) is 10.1. The van der Waals surface area contributed by atoms with Crippen LogP contribution in [0.4, 0.5) is 10.5 Å². The van der Waals surface area contributed by atoms with Crippen molar-refractivity contribution in [1.29, 1.82) is 0 Å². The number of fused-ring (bicyclic) bond motifs is 1. The van der Waals surface area contributed by atoms with Gasteiger partial charge in [-0.2, -0.15) is 8.42 Å². The van der Waals surface area contributed by atoms with Crippen LogP contribution in [0.15, 0.2) is 46.9 Å². The summed E-state index contributed by atoms with van der Waals surface area (Å²) < 4.78 is 31.5. The SMILES string of the molecule is CS(=O)(=O)O.NC(=O)Nc1c(C(=O)c2ccc(Cl)cc2Cl)oc2ccccc12. The number of amides is 2. The first kappa shape index (κ1) is 21.7. The molecule has 1 heterocycles. The molecule has 11 heteroatoms. The number of carbonyl (C=O) groups is 2. The molecule has 0 spiro atoms. The minimum atomic E-state index is -3.67. The highest BCUT2D eigenvalue weighted by Crippen LogP contribution is 2.34. The van der Waals surface area contributed by atoms with E-state index >= 15 is 0 Å². The van der Waals surface area contributed by atoms with Gasteiger partial charge < -0.3 is 15.5 Å². The second-order valence-electron chi connectivity index (χ2n) is 5.48. The van der Waals surface area contributed by atoms with Crippen LogP contribution in [0.2, 0.25) is 10.0 Å². The average molecular weight is 445 g/mol. The maximum absolute atomic E-state index is 12.7. The normalized spacial score (nSPS) is 10.9. The molecule has 0 aliphatic heterocycles. The number of halogens is 2. The van der Waals surface area contributed by atoms with E-state index in [-0.39, 0.29) is 22.0 Å². The van der Waals surface area contributed by atoms with Crippen LogP contribution in [-0.4, -0.2) is 31.0 Å². The van der Waals surface area contributed by atoms with E-state index < -0.39 is 21.9 Å². The number of nitrogens with one attached hydrogen (secondary N) is 1. The first-order chi connectivity index (χ1) is 13.0. The largest absolute Gasteiger partial charge is 0.450 e. The Balaban J connectivity index is 0.000000500. The summed E-state index contributed by atoms with van der Waals surface area (Å²) in [5.41, 5.74) is 6.06. The van der Waals surface area contributed by atoms with Crippen molar-refractivity contribution in [2.75, 3.05) is 11.6 Å². The molecule has 148 valence electrons. The Morgan fingerprint density at radius 2 is 1.75 bits per heavy atom. The zero-order valence-corrected chi connectivity index (χ0v) is 16.6. The maximum atomic E-state index is 12.7. The number of hydrogen-bond acceptors (Lipinski definition) is 5. The van der Waals surface area contributed by atoms with E-state index in [1.807, 2.05) is 0 Å². The molecule has 4 N–H and O–H groups in total. The number of nitrogens with two attached hydrogens (primary N) is 1. The third kappa shape index (κ3) is 5.70. The quantitative estimate of drug-likeness (QED) is 0.412. The van der Waals surface area contributed by atoms with E-state index in [0.29, 0.717) is 22.2 Å². The number of anilines is 1. The Kier molecular flexibility index (Phi) is 6.68. The van der Waals surface area contributed by atoms with Crippen molar-refractivity contribution in [1.82, 2.24) is 0 Å². The highest BCUT2D eigenvalue weighted by Gasteiger charge is 2.24. The Morgan fingerprint density at radius 1 is 1.14 bits per heavy atom. The minimum absolute atomic E-state index is 0.0470. The number of furan rings is 1. The number of ketones is 1. The fourth-order valence-electron chi connectivity index (χ4n) is 2.25. The van der Waals surface area contributed by atoms with Gasteiger partial charge in [-0.15, -0.1) is 0 Å². The molecule has 0 fully saturated rings. The predicted octanol–water partition coefficient (Wildman–Crippen LogP) is 3.97. The van der Waals surface area contributed by atoms with E-state index in [9.17, 15) is 18.0 Å². The molecule has 0 radical (unpaired) electrons. The van der Waals surface area contributed by atoms with Crippen LogP contribution in [0.5, 0.6) is 0 Å². The van der Waals surface area contributed by atoms with Gasteiger partial charge >= 0.3 is 6.03 Å². The minimum Gasteiger partial charge on any atom is -0.450 e. The summed E-state index contributed by atoms with van der Waals surface area (Å²) in [4.78, 5) is 24.0. The fourth-order valence-corrected chi connectivity index (χ4v) is 2.74. The van der Waals surface area contributed by atoms with E-state index in [1.165, 1.54) is 12.1 Å². The summed E-state index contributed by atoms with van der Waals surface area (Å²) in [6.07, 6.45) is 0.715. The summed E-state index contributed by atoms with van der Waals surface area (Å²) in [6, 6.07) is 10.6. The number of primary amides is 1. The van der Waals surface area contributed by atoms with Crippen LogP contribution in [0.3, 0.4) is 0 Å². The lowest BCUT2D eigenvalue weighted by atomic mass is 10.1. The van der Waals surface area contributed by atoms with Gasteiger partial charge in [0.1, 0.15) is 11.3 Å². The zero-order valence-electron chi connectivity index (χ0n) is 14.3. The summed E-state index contributed by atoms with van der Waals surface area (Å²) >= 11 is 11.9. The van der Waals surface area contributed by atoms with Gasteiger partial charge in [0, 0.05) is 16.0 Å². The second kappa shape index (κ2) is 8.61. The third-order valence-electron chi connectivity index (χ3n) is 3.23. The molecule has 1 aromatic heterocycles. The lowest BCUT2D eigenvalue weighted by Crippen LogP contribution is -2.20. The topological polar surface area (TPSA) is 140 Å². The molecule has 28 heavy (non-hydrogen) atoms. The molecule has 2 aromatic carbocycles. The van der Waals surface area contributed by atoms with Gasteiger partial charge in [0.2, 0.25) is 5.78 Å². The number of urea groups is 1. The van der Waals surface area contributed by atoms with Crippen molar-refractivity contribution >= 4 is 61.8 Å². The fraction of sp³-hybridized carbons (Fsp3) is 0.0588. The standard InChI is InChI=1S/C16H10Cl2N2O3.CH4O3S/c17-8-5-6-9(11(18)7-8)14(21)15-13(20-16(19)22)10-3-1-2-4-12(10)23-15;1-5(2,3)4/h1-7H,(H3,19,20,22);1H3,(H,2,3,4). The van der Waals surface area contributed by atoms with Crippen LogP contribution in [0.1, 0.15) is 16.1 Å². The lowest BCUT2D eigenvalue weighted by molar-refractivity contribution is 0.101. The molecule has 3 rings (SSSR count). The number of carbonyl (C=O) groups excluding carboxylic acids is 2. The smallest absolute Gasteiger partial charge is 0.316 e. The summed E-state index contributed by atoms with van der Waals surface area (Å²) in [6.45, 7) is 0. The number of hydrogen-bond donors (Lipinski definition) is 3. The van der Waals surface area contributed by atoms with Crippen molar-refractivity contribution in [2.45, 2.75) is 0 Å². The van der Waals surface area contributed by atoms with E-state index in [2.05, 4.69) is 5.32 Å². The van der Waals surface area contributed by atoms with Gasteiger partial charge in [-0.1, -0.05) is 35.3 Å². The Bertz CT molecular complexity index is 1150. The van der Waals surface area contributed by atoms with Crippen LogP contribution in [0.25, 0.3) is 11.0 Å². The van der Waals surface area contributed by atoms with Crippen molar-refractivity contribution in [3.8, 4) is 0 Å². The van der Waals surface area contributed by atoms with Crippen molar-refractivity contribution in [3.05, 3.63) is 63.8 Å². The maximum Gasteiger partial charge on any atom is 0.316 e. The molecule has 2 amide bonds. The van der Waals surface area contributed by atoms with Gasteiger partial charge in [0.25, 0.3) is 10.1 Å². The molecule has 0 saturated carbocycles. The summed E-state index contributed by atoms with van der Waals surface area (Å²) in [5, 5.41) is 3.60. The summed E-state index contributed by atoms with van der Waals surface area (Å²) in [7, 11) is -3.67. The number of para-hydroxylation sites is 1. The van der Waals surface area contributed by atoms with Crippen molar-refractivity contribution < 1.29 is 27.0 Å². The molecule has 0 atom stereocenters. The average Bonchev–Trinajstić information content (AvgIpc) is 2.91. The van der Waals surface area contributed by atoms with Crippen molar-refractivity contribution in [3.63, 3.8) is 0 Å². The van der Waals surface area contributed by atoms with E-state index in [4.69, 9.17) is 37.9 Å². The van der Waals surface area contributed by atoms with Crippen LogP contribution in [-0.2, 0) is 10.1 Å². The van der Waals surface area contributed by atoms with Gasteiger partial charge in [-0.3, -0.25) is 9.35 Å². The Morgan fingerprint density at radius 3 is 2.32 bits per heavy atom. The molecule has 8 nitrogen and oxygen atoms in total. The third-order valence-corrected chi connectivity index (χ3v) is 3.77. The van der Waals surface area contributed by atoms with Gasteiger partial charge in [0.05, 0.1) is 11.3 Å². The highest BCUT2D eigenvalue weighted by atomic mass is 35.5. The monoisotopic (exact) mass is 444 g/mol. The molecule has 0 aliphatic rings. The van der Waals surface area contributed by atoms with Gasteiger partial charge in [0.15, 0.2) is 5.76 Å². The number of benzene rings is 2. The predicted molar refractivity (Wildman–Crippen MR) is 107 cm³/mol. The summed E-state index contributed by atoms with van der Waals surface area (Å²) in [5.74, 6) is -0.527. The molecule has 0 saturated heterocycles. The van der Waals surface area contributed by atoms with Crippen LogP contribution in [0, 0.1) is 0 Å². The molecular weight excluding hydrogens is 431 g/mol. The van der Waals surface area contributed by atoms with E-state index in [0.717, 1.165) is 0 Å². The molecule has 3 aromatic rings. The molecule has 0 bridgehead atoms. The van der Waals surface area contributed by atoms with E-state index in [1.54, 1.807) is 30.3 Å². The molecular formula is C17H14Cl2N2O6S. The van der Waals surface area contributed by atoms with Crippen LogP contribution < -0.4 is 11.1 Å². The van der Waals surface area contributed by atoms with Gasteiger partial charge in [-0.25, -0.2) is 4.79 Å². The molecule has 0 aliphatic carbocycles. The zero-order chi connectivity index (χ0) is 21.1. The number of rotatable bonds is 3.